The van der Waals surface area contributed by atoms with E-state index in [-0.39, 0.29) is 35.8 Å². The largest absolute Gasteiger partial charge is 0.478 e. The van der Waals surface area contributed by atoms with Crippen molar-refractivity contribution in [3.05, 3.63) is 54.4 Å². The Morgan fingerprint density at radius 2 is 1.67 bits per heavy atom. The van der Waals surface area contributed by atoms with E-state index in [4.69, 9.17) is 14.0 Å². The van der Waals surface area contributed by atoms with Crippen LogP contribution in [0.15, 0.2) is 48.8 Å². The fraction of sp³-hybridized carbons (Fsp3) is 0.118. The Labute approximate surface area is 170 Å². The molecule has 0 radical (unpaired) electrons. The van der Waals surface area contributed by atoms with Crippen molar-refractivity contribution in [1.29, 1.82) is 0 Å². The zero-order valence-corrected chi connectivity index (χ0v) is 16.0. The smallest absolute Gasteiger partial charge is 0.339 e. The van der Waals surface area contributed by atoms with Crippen LogP contribution in [0.3, 0.4) is 0 Å². The van der Waals surface area contributed by atoms with Crippen molar-refractivity contribution in [2.45, 2.75) is 0 Å². The SMILES string of the molecule is O=C(O)c1ccccc1Oc1nc(NCCS(=O)(=O)O)nc(Oc2ccncc2)n1. The van der Waals surface area contributed by atoms with E-state index in [9.17, 15) is 18.3 Å². The Kier molecular flexibility index (Phi) is 6.34. The second kappa shape index (κ2) is 9.11. The molecule has 30 heavy (non-hydrogen) atoms. The summed E-state index contributed by atoms with van der Waals surface area (Å²) in [4.78, 5) is 27.2. The summed E-state index contributed by atoms with van der Waals surface area (Å²) in [7, 11) is -4.20. The predicted molar refractivity (Wildman–Crippen MR) is 103 cm³/mol. The zero-order chi connectivity index (χ0) is 21.6. The minimum absolute atomic E-state index is 0.0186. The number of benzene rings is 1. The number of carboxylic acid groups (broad SMARTS) is 1. The third kappa shape index (κ3) is 6.08. The number of hydrogen-bond donors (Lipinski definition) is 3. The topological polar surface area (TPSA) is 174 Å². The molecule has 0 saturated carbocycles. The van der Waals surface area contributed by atoms with Crippen molar-refractivity contribution in [1.82, 2.24) is 19.9 Å². The molecule has 3 N–H and O–H groups in total. The van der Waals surface area contributed by atoms with Gasteiger partial charge in [-0.15, -0.1) is 4.98 Å². The lowest BCUT2D eigenvalue weighted by Crippen LogP contribution is -2.16. The highest BCUT2D eigenvalue weighted by atomic mass is 32.2. The van der Waals surface area contributed by atoms with Gasteiger partial charge in [-0.2, -0.15) is 18.4 Å². The van der Waals surface area contributed by atoms with Gasteiger partial charge >= 0.3 is 18.0 Å². The first kappa shape index (κ1) is 20.9. The quantitative estimate of drug-likeness (QED) is 0.418. The van der Waals surface area contributed by atoms with E-state index in [2.05, 4.69) is 25.3 Å². The molecule has 13 heteroatoms. The van der Waals surface area contributed by atoms with E-state index in [0.717, 1.165) is 0 Å². The number of carbonyl (C=O) groups is 1. The first-order valence-corrected chi connectivity index (χ1v) is 9.94. The third-order valence-electron chi connectivity index (χ3n) is 3.42. The molecule has 3 rings (SSSR count). The van der Waals surface area contributed by atoms with E-state index < -0.39 is 21.8 Å². The average molecular weight is 433 g/mol. The standard InChI is InChI=1S/C17H15N5O7S/c23-14(24)12-3-1-2-4-13(12)29-17-21-15(19-9-10-30(25,26)27)20-16(22-17)28-11-5-7-18-8-6-11/h1-8H,9-10H2,(H,23,24)(H,25,26,27)(H,19,20,21,22). The van der Waals surface area contributed by atoms with Crippen LogP contribution >= 0.6 is 0 Å². The highest BCUT2D eigenvalue weighted by Crippen LogP contribution is 2.26. The molecular formula is C17H15N5O7S. The molecule has 0 unspecified atom stereocenters. The van der Waals surface area contributed by atoms with Gasteiger partial charge in [0.05, 0.1) is 5.75 Å². The molecule has 0 bridgehead atoms. The van der Waals surface area contributed by atoms with Gasteiger partial charge in [0, 0.05) is 18.9 Å². The summed E-state index contributed by atoms with van der Waals surface area (Å²) in [5, 5.41) is 11.9. The second-order valence-electron chi connectivity index (χ2n) is 5.63. The molecule has 156 valence electrons. The number of rotatable bonds is 9. The summed E-state index contributed by atoms with van der Waals surface area (Å²) < 4.78 is 41.6. The van der Waals surface area contributed by atoms with E-state index in [1.165, 1.54) is 30.6 Å². The first-order valence-electron chi connectivity index (χ1n) is 8.33. The minimum atomic E-state index is -4.20. The molecule has 12 nitrogen and oxygen atoms in total. The number of hydrogen-bond acceptors (Lipinski definition) is 10. The number of anilines is 1. The van der Waals surface area contributed by atoms with Gasteiger partial charge in [-0.3, -0.25) is 9.54 Å². The van der Waals surface area contributed by atoms with Gasteiger partial charge in [-0.25, -0.2) is 4.79 Å². The number of pyridine rings is 1. The van der Waals surface area contributed by atoms with Gasteiger partial charge in [0.2, 0.25) is 5.95 Å². The molecular weight excluding hydrogens is 418 g/mol. The van der Waals surface area contributed by atoms with Crippen LogP contribution in [0.2, 0.25) is 0 Å². The fourth-order valence-electron chi connectivity index (χ4n) is 2.14. The van der Waals surface area contributed by atoms with Gasteiger partial charge in [-0.05, 0) is 24.3 Å². The summed E-state index contributed by atoms with van der Waals surface area (Å²) in [6.07, 6.45) is 2.98. The van der Waals surface area contributed by atoms with Crippen LogP contribution in [0.4, 0.5) is 5.95 Å². The number of para-hydroxylation sites is 1. The Morgan fingerprint density at radius 3 is 2.33 bits per heavy atom. The van der Waals surface area contributed by atoms with E-state index in [0.29, 0.717) is 5.75 Å². The highest BCUT2D eigenvalue weighted by Gasteiger charge is 2.16. The van der Waals surface area contributed by atoms with E-state index in [1.54, 1.807) is 18.2 Å². The van der Waals surface area contributed by atoms with Crippen LogP contribution in [0.25, 0.3) is 0 Å². The fourth-order valence-corrected chi connectivity index (χ4v) is 2.50. The molecule has 0 aliphatic rings. The van der Waals surface area contributed by atoms with Crippen molar-refractivity contribution in [2.24, 2.45) is 0 Å². The number of nitrogens with zero attached hydrogens (tertiary/aromatic N) is 4. The molecule has 0 amide bonds. The van der Waals surface area contributed by atoms with Gasteiger partial charge in [0.25, 0.3) is 10.1 Å². The van der Waals surface area contributed by atoms with Crippen molar-refractivity contribution in [2.75, 3.05) is 17.6 Å². The van der Waals surface area contributed by atoms with Crippen molar-refractivity contribution in [3.8, 4) is 23.5 Å². The van der Waals surface area contributed by atoms with Crippen molar-refractivity contribution >= 4 is 22.0 Å². The predicted octanol–water partition coefficient (Wildman–Crippen LogP) is 1.85. The normalized spacial score (nSPS) is 11.0. The van der Waals surface area contributed by atoms with Crippen LogP contribution in [0.1, 0.15) is 10.4 Å². The van der Waals surface area contributed by atoms with E-state index in [1.807, 2.05) is 0 Å². The van der Waals surface area contributed by atoms with Crippen LogP contribution in [-0.4, -0.2) is 56.3 Å². The first-order chi connectivity index (χ1) is 14.3. The van der Waals surface area contributed by atoms with Gasteiger partial charge < -0.3 is 19.9 Å². The number of aromatic carboxylic acids is 1. The third-order valence-corrected chi connectivity index (χ3v) is 4.14. The van der Waals surface area contributed by atoms with Crippen LogP contribution in [-0.2, 0) is 10.1 Å². The number of ether oxygens (including phenoxy) is 2. The zero-order valence-electron chi connectivity index (χ0n) is 15.2. The molecule has 0 fully saturated rings. The van der Waals surface area contributed by atoms with Gasteiger partial charge in [0.15, 0.2) is 0 Å². The average Bonchev–Trinajstić information content (AvgIpc) is 2.68. The van der Waals surface area contributed by atoms with Crippen molar-refractivity contribution < 1.29 is 32.3 Å². The highest BCUT2D eigenvalue weighted by molar-refractivity contribution is 7.85. The molecule has 0 saturated heterocycles. The maximum absolute atomic E-state index is 11.4. The summed E-state index contributed by atoms with van der Waals surface area (Å²) in [6.45, 7) is -0.206. The lowest BCUT2D eigenvalue weighted by atomic mass is 10.2. The molecule has 3 aromatic rings. The Balaban J connectivity index is 1.89. The molecule has 0 aliphatic heterocycles. The van der Waals surface area contributed by atoms with Gasteiger partial charge in [0.1, 0.15) is 17.1 Å². The maximum atomic E-state index is 11.4. The molecule has 0 atom stereocenters. The molecule has 0 spiro atoms. The molecule has 1 aromatic carbocycles. The lowest BCUT2D eigenvalue weighted by Gasteiger charge is -2.10. The minimum Gasteiger partial charge on any atom is -0.478 e. The monoisotopic (exact) mass is 433 g/mol. The number of carboxylic acids is 1. The Bertz CT molecular complexity index is 1140. The maximum Gasteiger partial charge on any atom is 0.339 e. The number of nitrogens with one attached hydrogen (secondary N) is 1. The van der Waals surface area contributed by atoms with Crippen LogP contribution in [0.5, 0.6) is 23.5 Å². The number of aromatic nitrogens is 4. The summed E-state index contributed by atoms with van der Waals surface area (Å²) >= 11 is 0. The van der Waals surface area contributed by atoms with Crippen LogP contribution < -0.4 is 14.8 Å². The van der Waals surface area contributed by atoms with Crippen molar-refractivity contribution in [3.63, 3.8) is 0 Å². The molecule has 2 aromatic heterocycles. The van der Waals surface area contributed by atoms with Crippen LogP contribution in [0, 0.1) is 0 Å². The Hall–Kier alpha value is -3.84. The molecule has 0 aliphatic carbocycles. The Morgan fingerprint density at radius 1 is 1.00 bits per heavy atom. The summed E-state index contributed by atoms with van der Waals surface area (Å²) in [5.74, 6) is -1.57. The lowest BCUT2D eigenvalue weighted by molar-refractivity contribution is 0.0694. The van der Waals surface area contributed by atoms with E-state index >= 15 is 0 Å². The second-order valence-corrected chi connectivity index (χ2v) is 7.20. The van der Waals surface area contributed by atoms with Gasteiger partial charge in [-0.1, -0.05) is 12.1 Å². The molecule has 2 heterocycles. The summed E-state index contributed by atoms with van der Waals surface area (Å²) in [6, 6.07) is 8.48. The summed E-state index contributed by atoms with van der Waals surface area (Å²) in [5.41, 5.74) is -0.115.